The van der Waals surface area contributed by atoms with E-state index in [4.69, 9.17) is 9.84 Å². The van der Waals surface area contributed by atoms with Gasteiger partial charge in [0.2, 0.25) is 5.88 Å². The molecule has 0 bridgehead atoms. The van der Waals surface area contributed by atoms with E-state index >= 15 is 0 Å². The highest BCUT2D eigenvalue weighted by atomic mass is 32.1. The maximum atomic E-state index is 13.0. The molecule has 1 N–H and O–H groups in total. The van der Waals surface area contributed by atoms with E-state index in [2.05, 4.69) is 12.6 Å². The lowest BCUT2D eigenvalue weighted by molar-refractivity contribution is 0.140. The van der Waals surface area contributed by atoms with E-state index in [1.165, 1.54) is 9.13 Å². The van der Waals surface area contributed by atoms with Crippen molar-refractivity contribution in [2.75, 3.05) is 0 Å². The first-order chi connectivity index (χ1) is 12.6. The summed E-state index contributed by atoms with van der Waals surface area (Å²) < 4.78 is 7.78. The molecule has 3 rings (SSSR count). The Morgan fingerprint density at radius 1 is 0.923 bits per heavy atom. The molecule has 6 nitrogen and oxygen atoms in total. The monoisotopic (exact) mass is 370 g/mol. The highest BCUT2D eigenvalue weighted by molar-refractivity contribution is 7.79. The fraction of sp³-hybridized carbons (Fsp3) is 0.158. The number of carbonyl (C=O) groups is 1. The maximum Gasteiger partial charge on any atom is 0.512 e. The van der Waals surface area contributed by atoms with Crippen LogP contribution in [-0.4, -0.2) is 20.4 Å². The van der Waals surface area contributed by atoms with Crippen molar-refractivity contribution in [3.63, 3.8) is 0 Å². The molecule has 7 heteroatoms. The Balaban J connectivity index is 2.09. The van der Waals surface area contributed by atoms with E-state index in [1.54, 1.807) is 0 Å². The van der Waals surface area contributed by atoms with Gasteiger partial charge in [-0.05, 0) is 11.1 Å². The molecule has 1 heterocycles. The Morgan fingerprint density at radius 3 is 1.88 bits per heavy atom. The summed E-state index contributed by atoms with van der Waals surface area (Å²) in [4.78, 5) is 24.1. The summed E-state index contributed by atoms with van der Waals surface area (Å²) in [5.41, 5.74) is 1.89. The number of benzene rings is 2. The fourth-order valence-corrected chi connectivity index (χ4v) is 3.11. The van der Waals surface area contributed by atoms with Gasteiger partial charge in [0, 0.05) is 5.75 Å². The van der Waals surface area contributed by atoms with Gasteiger partial charge in [-0.25, -0.2) is 9.59 Å². The van der Waals surface area contributed by atoms with Gasteiger partial charge >= 0.3 is 11.8 Å². The Bertz CT molecular complexity index is 949. The van der Waals surface area contributed by atoms with Crippen LogP contribution in [0.15, 0.2) is 65.5 Å². The summed E-state index contributed by atoms with van der Waals surface area (Å²) in [5, 5.41) is 9.10. The first-order valence-electron chi connectivity index (χ1n) is 8.02. The quantitative estimate of drug-likeness (QED) is 0.516. The van der Waals surface area contributed by atoms with E-state index < -0.39 is 6.16 Å². The molecule has 3 aromatic rings. The van der Waals surface area contributed by atoms with Gasteiger partial charge in [-0.15, -0.1) is 0 Å². The molecule has 134 valence electrons. The van der Waals surface area contributed by atoms with Gasteiger partial charge in [0.05, 0.1) is 18.8 Å². The molecule has 0 aliphatic rings. The number of rotatable bonds is 6. The summed E-state index contributed by atoms with van der Waals surface area (Å²) >= 11 is 4.28. The minimum atomic E-state index is -1.47. The molecule has 0 spiro atoms. The van der Waals surface area contributed by atoms with E-state index in [0.29, 0.717) is 12.2 Å². The van der Waals surface area contributed by atoms with Gasteiger partial charge in [-0.2, -0.15) is 12.6 Å². The van der Waals surface area contributed by atoms with Gasteiger partial charge < -0.3 is 9.84 Å². The van der Waals surface area contributed by atoms with Gasteiger partial charge in [-0.1, -0.05) is 60.7 Å². The van der Waals surface area contributed by atoms with Crippen molar-refractivity contribution in [2.45, 2.75) is 18.8 Å². The van der Waals surface area contributed by atoms with E-state index in [1.807, 2.05) is 60.7 Å². The molecule has 0 unspecified atom stereocenters. The third kappa shape index (κ3) is 3.83. The smallest absolute Gasteiger partial charge is 0.449 e. The number of thiol groups is 1. The molecular formula is C19H18N2O4S. The first kappa shape index (κ1) is 17.9. The zero-order valence-corrected chi connectivity index (χ0v) is 14.8. The number of aromatic nitrogens is 2. The standard InChI is InChI=1S/C19H18N2O4S/c22-18-20(11-14-7-3-1-4-8-14)16(13-26)17(25-19(23)24)21(18)12-15-9-5-2-6-10-15/h1-10,26H,11-13H2,(H,23,24). The van der Waals surface area contributed by atoms with Crippen molar-refractivity contribution in [1.29, 1.82) is 0 Å². The van der Waals surface area contributed by atoms with Crippen LogP contribution in [0.2, 0.25) is 0 Å². The third-order valence-corrected chi connectivity index (χ3v) is 4.28. The zero-order valence-electron chi connectivity index (χ0n) is 13.9. The molecule has 0 radical (unpaired) electrons. The number of ether oxygens (including phenoxy) is 1. The molecule has 0 saturated carbocycles. The summed E-state index contributed by atoms with van der Waals surface area (Å²) in [6.45, 7) is 0.526. The third-order valence-electron chi connectivity index (χ3n) is 3.98. The van der Waals surface area contributed by atoms with Crippen LogP contribution in [0.3, 0.4) is 0 Å². The fourth-order valence-electron chi connectivity index (χ4n) is 2.80. The van der Waals surface area contributed by atoms with Crippen LogP contribution in [0.1, 0.15) is 16.8 Å². The van der Waals surface area contributed by atoms with Crippen molar-refractivity contribution in [2.24, 2.45) is 0 Å². The summed E-state index contributed by atoms with van der Waals surface area (Å²) in [5.74, 6) is 0.184. The number of hydrogen-bond donors (Lipinski definition) is 2. The van der Waals surface area contributed by atoms with Crippen molar-refractivity contribution in [1.82, 2.24) is 9.13 Å². The molecule has 0 aliphatic heterocycles. The summed E-state index contributed by atoms with van der Waals surface area (Å²) in [6.07, 6.45) is -1.47. The number of nitrogens with zero attached hydrogens (tertiary/aromatic N) is 2. The normalized spacial score (nSPS) is 10.7. The highest BCUT2D eigenvalue weighted by Gasteiger charge is 2.23. The number of hydrogen-bond acceptors (Lipinski definition) is 4. The van der Waals surface area contributed by atoms with Crippen LogP contribution in [0.25, 0.3) is 0 Å². The lowest BCUT2D eigenvalue weighted by Gasteiger charge is -2.07. The van der Waals surface area contributed by atoms with Gasteiger partial charge in [0.1, 0.15) is 0 Å². The Hall–Kier alpha value is -2.93. The topological polar surface area (TPSA) is 73.5 Å². The van der Waals surface area contributed by atoms with E-state index in [0.717, 1.165) is 11.1 Å². The van der Waals surface area contributed by atoms with Crippen LogP contribution < -0.4 is 10.4 Å². The average Bonchev–Trinajstić information content (AvgIpc) is 2.88. The summed E-state index contributed by atoms with van der Waals surface area (Å²) in [6, 6.07) is 18.8. The molecule has 0 aliphatic carbocycles. The molecule has 0 fully saturated rings. The van der Waals surface area contributed by atoms with Crippen LogP contribution in [0, 0.1) is 0 Å². The van der Waals surface area contributed by atoms with Crippen LogP contribution in [0.5, 0.6) is 5.88 Å². The zero-order chi connectivity index (χ0) is 18.5. The second kappa shape index (κ2) is 7.97. The number of carboxylic acid groups (broad SMARTS) is 1. The minimum Gasteiger partial charge on any atom is -0.449 e. The van der Waals surface area contributed by atoms with Gasteiger partial charge in [0.25, 0.3) is 0 Å². The lowest BCUT2D eigenvalue weighted by atomic mass is 10.2. The first-order valence-corrected chi connectivity index (χ1v) is 8.65. The second-order valence-corrected chi connectivity index (χ2v) is 6.02. The average molecular weight is 370 g/mol. The largest absolute Gasteiger partial charge is 0.512 e. The Kier molecular flexibility index (Phi) is 5.48. The van der Waals surface area contributed by atoms with Crippen molar-refractivity contribution in [3.05, 3.63) is 88.0 Å². The Labute approximate surface area is 155 Å². The predicted octanol–water partition coefficient (Wildman–Crippen LogP) is 3.23. The molecule has 0 amide bonds. The second-order valence-electron chi connectivity index (χ2n) is 5.70. The van der Waals surface area contributed by atoms with Crippen LogP contribution in [0.4, 0.5) is 4.79 Å². The molecule has 1 aromatic heterocycles. The number of imidazole rings is 1. The Morgan fingerprint density at radius 2 is 1.42 bits per heavy atom. The SMILES string of the molecule is O=C(O)Oc1c(CS)n(Cc2ccccc2)c(=O)n1Cc1ccccc1. The maximum absolute atomic E-state index is 13.0. The van der Waals surface area contributed by atoms with Crippen LogP contribution in [-0.2, 0) is 18.8 Å². The molecular weight excluding hydrogens is 352 g/mol. The van der Waals surface area contributed by atoms with Crippen molar-refractivity contribution in [3.8, 4) is 5.88 Å². The predicted molar refractivity (Wildman–Crippen MR) is 101 cm³/mol. The molecule has 0 atom stereocenters. The van der Waals surface area contributed by atoms with Crippen molar-refractivity contribution < 1.29 is 14.6 Å². The molecule has 26 heavy (non-hydrogen) atoms. The van der Waals surface area contributed by atoms with Gasteiger partial charge in [-0.3, -0.25) is 9.13 Å². The van der Waals surface area contributed by atoms with E-state index in [-0.39, 0.29) is 23.9 Å². The minimum absolute atomic E-state index is 0.0114. The van der Waals surface area contributed by atoms with Gasteiger partial charge in [0.15, 0.2) is 0 Å². The highest BCUT2D eigenvalue weighted by Crippen LogP contribution is 2.22. The molecule has 2 aromatic carbocycles. The molecule has 0 saturated heterocycles. The lowest BCUT2D eigenvalue weighted by Crippen LogP contribution is -2.26. The van der Waals surface area contributed by atoms with Crippen LogP contribution >= 0.6 is 12.6 Å². The summed E-state index contributed by atoms with van der Waals surface area (Å²) in [7, 11) is 0. The van der Waals surface area contributed by atoms with Crippen molar-refractivity contribution >= 4 is 18.8 Å². The van der Waals surface area contributed by atoms with E-state index in [9.17, 15) is 9.59 Å².